The third kappa shape index (κ3) is 2.89. The van der Waals surface area contributed by atoms with Gasteiger partial charge in [0.05, 0.1) is 0 Å². The number of hydrogen-bond donors (Lipinski definition) is 1. The number of likely N-dealkylation sites (tertiary alicyclic amines) is 1. The van der Waals surface area contributed by atoms with Crippen LogP contribution in [-0.2, 0) is 6.42 Å². The van der Waals surface area contributed by atoms with E-state index in [4.69, 9.17) is 0 Å². The quantitative estimate of drug-likeness (QED) is 0.945. The largest absolute Gasteiger partial charge is 0.338 e. The molecule has 2 aliphatic rings. The zero-order valence-corrected chi connectivity index (χ0v) is 13.2. The zero-order chi connectivity index (χ0) is 15.6. The van der Waals surface area contributed by atoms with Crippen LogP contribution in [0.25, 0.3) is 0 Å². The van der Waals surface area contributed by atoms with E-state index in [-0.39, 0.29) is 5.91 Å². The van der Waals surface area contributed by atoms with Crippen molar-refractivity contribution in [3.8, 4) is 0 Å². The lowest BCUT2D eigenvalue weighted by Gasteiger charge is -2.19. The van der Waals surface area contributed by atoms with Crippen LogP contribution >= 0.6 is 0 Å². The fourth-order valence-corrected chi connectivity index (χ4v) is 3.89. The van der Waals surface area contributed by atoms with Crippen molar-refractivity contribution in [2.24, 2.45) is 11.8 Å². The monoisotopic (exact) mass is 306 g/mol. The van der Waals surface area contributed by atoms with Gasteiger partial charge in [0, 0.05) is 31.7 Å². The summed E-state index contributed by atoms with van der Waals surface area (Å²) < 4.78 is 0. The summed E-state index contributed by atoms with van der Waals surface area (Å²) in [6, 6.07) is 18.4. The molecule has 0 aliphatic carbocycles. The van der Waals surface area contributed by atoms with Gasteiger partial charge in [-0.2, -0.15) is 0 Å². The highest BCUT2D eigenvalue weighted by atomic mass is 16.2. The molecule has 0 spiro atoms. The highest BCUT2D eigenvalue weighted by Gasteiger charge is 2.38. The molecule has 2 aliphatic heterocycles. The van der Waals surface area contributed by atoms with Crippen LogP contribution in [0.15, 0.2) is 54.6 Å². The minimum absolute atomic E-state index is 0.200. The second-order valence-corrected chi connectivity index (χ2v) is 6.71. The first-order valence-corrected chi connectivity index (χ1v) is 8.43. The number of benzene rings is 2. The molecule has 0 aromatic heterocycles. The molecule has 2 aromatic rings. The van der Waals surface area contributed by atoms with Gasteiger partial charge >= 0.3 is 0 Å². The molecular formula is C20H22N2O. The Morgan fingerprint density at radius 2 is 1.61 bits per heavy atom. The number of nitrogens with one attached hydrogen (secondary N) is 1. The van der Waals surface area contributed by atoms with Crippen LogP contribution in [-0.4, -0.2) is 37.0 Å². The third-order valence-corrected chi connectivity index (χ3v) is 5.16. The normalized spacial score (nSPS) is 23.0. The van der Waals surface area contributed by atoms with Gasteiger partial charge in [0.25, 0.3) is 5.91 Å². The van der Waals surface area contributed by atoms with Crippen LogP contribution in [0.1, 0.15) is 21.5 Å². The molecule has 1 N–H and O–H groups in total. The predicted molar refractivity (Wildman–Crippen MR) is 91.4 cm³/mol. The Labute approximate surface area is 137 Å². The molecule has 4 rings (SSSR count). The second-order valence-electron chi connectivity index (χ2n) is 6.71. The molecule has 2 aromatic carbocycles. The Balaban J connectivity index is 1.55. The van der Waals surface area contributed by atoms with Gasteiger partial charge in [0.1, 0.15) is 0 Å². The fraction of sp³-hybridized carbons (Fsp3) is 0.350. The molecule has 3 nitrogen and oxygen atoms in total. The van der Waals surface area contributed by atoms with Crippen molar-refractivity contribution in [2.75, 3.05) is 26.2 Å². The van der Waals surface area contributed by atoms with E-state index in [0.717, 1.165) is 43.7 Å². The van der Waals surface area contributed by atoms with Gasteiger partial charge in [0.2, 0.25) is 0 Å². The summed E-state index contributed by atoms with van der Waals surface area (Å²) in [4.78, 5) is 15.1. The first kappa shape index (κ1) is 14.5. The summed E-state index contributed by atoms with van der Waals surface area (Å²) in [5.74, 6) is 1.48. The number of rotatable bonds is 3. The van der Waals surface area contributed by atoms with Gasteiger partial charge in [-0.3, -0.25) is 4.79 Å². The number of amides is 1. The maximum atomic E-state index is 13.0. The van der Waals surface area contributed by atoms with Gasteiger partial charge in [-0.25, -0.2) is 0 Å². The number of nitrogens with zero attached hydrogens (tertiary/aromatic N) is 1. The summed E-state index contributed by atoms with van der Waals surface area (Å²) in [5.41, 5.74) is 3.23. The highest BCUT2D eigenvalue weighted by molar-refractivity contribution is 5.96. The van der Waals surface area contributed by atoms with Crippen molar-refractivity contribution >= 4 is 5.91 Å². The summed E-state index contributed by atoms with van der Waals surface area (Å²) in [6.45, 7) is 3.91. The Hall–Kier alpha value is -2.13. The second kappa shape index (κ2) is 6.17. The van der Waals surface area contributed by atoms with Gasteiger partial charge in [0.15, 0.2) is 0 Å². The molecule has 2 saturated heterocycles. The highest BCUT2D eigenvalue weighted by Crippen LogP contribution is 2.28. The van der Waals surface area contributed by atoms with Crippen molar-refractivity contribution in [3.05, 3.63) is 71.3 Å². The molecule has 1 amide bonds. The summed E-state index contributed by atoms with van der Waals surface area (Å²) in [5, 5.41) is 3.43. The van der Waals surface area contributed by atoms with Crippen LogP contribution < -0.4 is 5.32 Å². The van der Waals surface area contributed by atoms with Crippen LogP contribution in [0.5, 0.6) is 0 Å². The van der Waals surface area contributed by atoms with E-state index in [9.17, 15) is 4.79 Å². The van der Waals surface area contributed by atoms with E-state index in [1.807, 2.05) is 24.3 Å². The lowest BCUT2D eigenvalue weighted by atomic mass is 9.99. The standard InChI is InChI=1S/C20H22N2O/c23-20(22-13-17-11-21-12-18(17)14-22)19-9-5-4-8-16(19)10-15-6-2-1-3-7-15/h1-9,17-18,21H,10-14H2/t17-,18+. The van der Waals surface area contributed by atoms with Crippen molar-refractivity contribution < 1.29 is 4.79 Å². The van der Waals surface area contributed by atoms with E-state index >= 15 is 0 Å². The Bertz CT molecular complexity index is 686. The number of carbonyl (C=O) groups is 1. The number of hydrogen-bond acceptors (Lipinski definition) is 2. The Morgan fingerprint density at radius 1 is 0.957 bits per heavy atom. The Morgan fingerprint density at radius 3 is 2.35 bits per heavy atom. The van der Waals surface area contributed by atoms with Crippen LogP contribution in [0.3, 0.4) is 0 Å². The lowest BCUT2D eigenvalue weighted by Crippen LogP contribution is -2.32. The van der Waals surface area contributed by atoms with Gasteiger partial charge in [-0.05, 0) is 35.4 Å². The molecule has 2 heterocycles. The van der Waals surface area contributed by atoms with Gasteiger partial charge < -0.3 is 10.2 Å². The summed E-state index contributed by atoms with van der Waals surface area (Å²) in [6.07, 6.45) is 0.811. The average Bonchev–Trinajstić information content (AvgIpc) is 3.17. The molecule has 23 heavy (non-hydrogen) atoms. The van der Waals surface area contributed by atoms with Crippen LogP contribution in [0.2, 0.25) is 0 Å². The maximum Gasteiger partial charge on any atom is 0.254 e. The van der Waals surface area contributed by atoms with Crippen LogP contribution in [0, 0.1) is 11.8 Å². The van der Waals surface area contributed by atoms with Gasteiger partial charge in [-0.1, -0.05) is 48.5 Å². The molecule has 0 bridgehead atoms. The van der Waals surface area contributed by atoms with E-state index in [2.05, 4.69) is 40.5 Å². The molecule has 0 radical (unpaired) electrons. The van der Waals surface area contributed by atoms with Crippen molar-refractivity contribution in [2.45, 2.75) is 6.42 Å². The number of carbonyl (C=O) groups excluding carboxylic acids is 1. The predicted octanol–water partition coefficient (Wildman–Crippen LogP) is 2.57. The smallest absolute Gasteiger partial charge is 0.254 e. The van der Waals surface area contributed by atoms with Crippen molar-refractivity contribution in [3.63, 3.8) is 0 Å². The zero-order valence-electron chi connectivity index (χ0n) is 13.2. The molecule has 2 atom stereocenters. The SMILES string of the molecule is O=C(c1ccccc1Cc1ccccc1)N1C[C@H]2CNC[C@H]2C1. The Kier molecular flexibility index (Phi) is 3.88. The van der Waals surface area contributed by atoms with E-state index < -0.39 is 0 Å². The van der Waals surface area contributed by atoms with Crippen molar-refractivity contribution in [1.82, 2.24) is 10.2 Å². The number of fused-ring (bicyclic) bond motifs is 1. The first-order chi connectivity index (χ1) is 11.3. The maximum absolute atomic E-state index is 13.0. The lowest BCUT2D eigenvalue weighted by molar-refractivity contribution is 0.0781. The molecule has 0 unspecified atom stereocenters. The molecule has 118 valence electrons. The average molecular weight is 306 g/mol. The summed E-state index contributed by atoms with van der Waals surface area (Å²) in [7, 11) is 0. The third-order valence-electron chi connectivity index (χ3n) is 5.16. The molecular weight excluding hydrogens is 284 g/mol. The van der Waals surface area contributed by atoms with Crippen molar-refractivity contribution in [1.29, 1.82) is 0 Å². The molecule has 3 heteroatoms. The van der Waals surface area contributed by atoms with Gasteiger partial charge in [-0.15, -0.1) is 0 Å². The topological polar surface area (TPSA) is 32.3 Å². The van der Waals surface area contributed by atoms with E-state index in [0.29, 0.717) is 11.8 Å². The minimum Gasteiger partial charge on any atom is -0.338 e. The fourth-order valence-electron chi connectivity index (χ4n) is 3.89. The van der Waals surface area contributed by atoms with E-state index in [1.54, 1.807) is 0 Å². The molecule has 2 fully saturated rings. The van der Waals surface area contributed by atoms with E-state index in [1.165, 1.54) is 5.56 Å². The minimum atomic E-state index is 0.200. The van der Waals surface area contributed by atoms with Crippen LogP contribution in [0.4, 0.5) is 0 Å². The summed E-state index contributed by atoms with van der Waals surface area (Å²) >= 11 is 0. The molecule has 0 saturated carbocycles. The first-order valence-electron chi connectivity index (χ1n) is 8.43.